The lowest BCUT2D eigenvalue weighted by molar-refractivity contribution is -0.122. The molecule has 2 aromatic carbocycles. The molecule has 0 bridgehead atoms. The van der Waals surface area contributed by atoms with Crippen molar-refractivity contribution in [1.29, 1.82) is 0 Å². The maximum atomic E-state index is 13.5. The summed E-state index contributed by atoms with van der Waals surface area (Å²) in [5, 5.41) is 2.44. The van der Waals surface area contributed by atoms with Crippen LogP contribution in [0.25, 0.3) is 0 Å². The molecule has 0 aromatic heterocycles. The quantitative estimate of drug-likeness (QED) is 0.832. The Morgan fingerprint density at radius 1 is 1.26 bits per heavy atom. The van der Waals surface area contributed by atoms with Crippen LogP contribution in [0.5, 0.6) is 11.5 Å². The molecule has 0 aliphatic carbocycles. The highest BCUT2D eigenvalue weighted by atomic mass is 19.1. The van der Waals surface area contributed by atoms with Gasteiger partial charge >= 0.3 is 0 Å². The minimum Gasteiger partial charge on any atom is -0.497 e. The Labute approximate surface area is 133 Å². The topological polar surface area (TPSA) is 64.6 Å². The van der Waals surface area contributed by atoms with Gasteiger partial charge < -0.3 is 14.8 Å². The van der Waals surface area contributed by atoms with E-state index in [1.807, 2.05) is 0 Å². The van der Waals surface area contributed by atoms with E-state index in [9.17, 15) is 14.0 Å². The number of benzene rings is 2. The molecule has 1 amide bonds. The number of carbonyl (C=O) groups excluding carboxylic acids is 2. The minimum atomic E-state index is -0.915. The molecule has 0 unspecified atom stereocenters. The number of rotatable bonds is 6. The van der Waals surface area contributed by atoms with E-state index < -0.39 is 17.8 Å². The predicted octanol–water partition coefficient (Wildman–Crippen LogP) is 3.05. The van der Waals surface area contributed by atoms with Crippen molar-refractivity contribution in [2.45, 2.75) is 13.0 Å². The first-order valence-electron chi connectivity index (χ1n) is 6.90. The maximum absolute atomic E-state index is 13.5. The molecule has 120 valence electrons. The van der Waals surface area contributed by atoms with Crippen molar-refractivity contribution in [2.24, 2.45) is 0 Å². The number of anilines is 1. The Balaban J connectivity index is 2.09. The molecule has 23 heavy (non-hydrogen) atoms. The van der Waals surface area contributed by atoms with Crippen LogP contribution in [0.2, 0.25) is 0 Å². The molecular formula is C17H16FNO4. The van der Waals surface area contributed by atoms with Gasteiger partial charge in [0.15, 0.2) is 12.4 Å². The van der Waals surface area contributed by atoms with Crippen LogP contribution in [0.1, 0.15) is 17.3 Å². The van der Waals surface area contributed by atoms with E-state index in [0.29, 0.717) is 12.0 Å². The van der Waals surface area contributed by atoms with Gasteiger partial charge in [0.05, 0.1) is 18.4 Å². The monoisotopic (exact) mass is 317 g/mol. The van der Waals surface area contributed by atoms with Crippen molar-refractivity contribution in [3.05, 3.63) is 53.8 Å². The standard InChI is InChI=1S/C17H16FNO4/c1-11(17(21)19-15-6-4-3-5-14(15)18)23-16-8-7-13(22-2)9-12(16)10-20/h3-11H,1-2H3,(H,19,21)/t11-/m1/s1. The Kier molecular flexibility index (Phi) is 5.30. The number of aldehydes is 1. The zero-order valence-electron chi connectivity index (χ0n) is 12.7. The van der Waals surface area contributed by atoms with E-state index in [1.165, 1.54) is 44.4 Å². The first-order chi connectivity index (χ1) is 11.0. The highest BCUT2D eigenvalue weighted by Gasteiger charge is 2.18. The van der Waals surface area contributed by atoms with E-state index in [4.69, 9.17) is 9.47 Å². The largest absolute Gasteiger partial charge is 0.497 e. The van der Waals surface area contributed by atoms with Crippen molar-refractivity contribution in [1.82, 2.24) is 0 Å². The molecule has 2 aromatic rings. The molecule has 0 aliphatic rings. The molecule has 0 spiro atoms. The van der Waals surface area contributed by atoms with Gasteiger partial charge in [-0.3, -0.25) is 9.59 Å². The fourth-order valence-corrected chi connectivity index (χ4v) is 1.89. The number of halogens is 1. The average molecular weight is 317 g/mol. The van der Waals surface area contributed by atoms with Crippen molar-refractivity contribution in [3.63, 3.8) is 0 Å². The zero-order chi connectivity index (χ0) is 16.8. The van der Waals surface area contributed by atoms with Crippen molar-refractivity contribution in [3.8, 4) is 11.5 Å². The summed E-state index contributed by atoms with van der Waals surface area (Å²) in [4.78, 5) is 23.2. The number of para-hydroxylation sites is 1. The third-order valence-electron chi connectivity index (χ3n) is 3.15. The second-order valence-corrected chi connectivity index (χ2v) is 4.75. The van der Waals surface area contributed by atoms with Gasteiger partial charge in [-0.05, 0) is 37.3 Å². The van der Waals surface area contributed by atoms with E-state index in [2.05, 4.69) is 5.32 Å². The van der Waals surface area contributed by atoms with E-state index >= 15 is 0 Å². The third-order valence-corrected chi connectivity index (χ3v) is 3.15. The van der Waals surface area contributed by atoms with Gasteiger partial charge in [0.1, 0.15) is 17.3 Å². The lowest BCUT2D eigenvalue weighted by Gasteiger charge is -2.16. The lowest BCUT2D eigenvalue weighted by Crippen LogP contribution is -2.30. The summed E-state index contributed by atoms with van der Waals surface area (Å²) >= 11 is 0. The lowest BCUT2D eigenvalue weighted by atomic mass is 10.2. The van der Waals surface area contributed by atoms with Crippen LogP contribution in [0.15, 0.2) is 42.5 Å². The summed E-state index contributed by atoms with van der Waals surface area (Å²) in [6.45, 7) is 1.51. The minimum absolute atomic E-state index is 0.0679. The van der Waals surface area contributed by atoms with Crippen LogP contribution in [0.4, 0.5) is 10.1 Å². The molecule has 5 nitrogen and oxygen atoms in total. The Hall–Kier alpha value is -2.89. The zero-order valence-corrected chi connectivity index (χ0v) is 12.7. The molecular weight excluding hydrogens is 301 g/mol. The van der Waals surface area contributed by atoms with Crippen LogP contribution >= 0.6 is 0 Å². The van der Waals surface area contributed by atoms with Gasteiger partial charge in [-0.2, -0.15) is 0 Å². The van der Waals surface area contributed by atoms with Crippen molar-refractivity contribution < 1.29 is 23.5 Å². The number of amides is 1. The van der Waals surface area contributed by atoms with Gasteiger partial charge in [-0.1, -0.05) is 12.1 Å². The molecule has 0 saturated heterocycles. The first-order valence-corrected chi connectivity index (χ1v) is 6.90. The molecule has 1 atom stereocenters. The molecule has 0 saturated carbocycles. The molecule has 0 heterocycles. The average Bonchev–Trinajstić information content (AvgIpc) is 2.57. The van der Waals surface area contributed by atoms with Gasteiger partial charge in [0.2, 0.25) is 0 Å². The van der Waals surface area contributed by atoms with E-state index in [1.54, 1.807) is 12.1 Å². The number of hydrogen-bond acceptors (Lipinski definition) is 4. The summed E-state index contributed by atoms with van der Waals surface area (Å²) in [6, 6.07) is 10.5. The molecule has 0 aliphatic heterocycles. The Bertz CT molecular complexity index is 717. The van der Waals surface area contributed by atoms with Crippen LogP contribution in [-0.4, -0.2) is 25.4 Å². The number of carbonyl (C=O) groups is 2. The van der Waals surface area contributed by atoms with Crippen LogP contribution in [-0.2, 0) is 4.79 Å². The predicted molar refractivity (Wildman–Crippen MR) is 83.5 cm³/mol. The van der Waals surface area contributed by atoms with Crippen molar-refractivity contribution >= 4 is 17.9 Å². The van der Waals surface area contributed by atoms with Gasteiger partial charge in [-0.15, -0.1) is 0 Å². The number of methoxy groups -OCH3 is 1. The summed E-state index contributed by atoms with van der Waals surface area (Å²) in [7, 11) is 1.48. The molecule has 1 N–H and O–H groups in total. The van der Waals surface area contributed by atoms with Gasteiger partial charge in [0.25, 0.3) is 5.91 Å². The highest BCUT2D eigenvalue weighted by molar-refractivity contribution is 5.94. The number of hydrogen-bond donors (Lipinski definition) is 1. The van der Waals surface area contributed by atoms with Crippen molar-refractivity contribution in [2.75, 3.05) is 12.4 Å². The van der Waals surface area contributed by atoms with Crippen LogP contribution in [0.3, 0.4) is 0 Å². The SMILES string of the molecule is COc1ccc(O[C@H](C)C(=O)Nc2ccccc2F)c(C=O)c1. The third kappa shape index (κ3) is 4.06. The smallest absolute Gasteiger partial charge is 0.265 e. The fourth-order valence-electron chi connectivity index (χ4n) is 1.89. The summed E-state index contributed by atoms with van der Waals surface area (Å²) in [5.74, 6) is -0.311. The van der Waals surface area contributed by atoms with Crippen LogP contribution in [0, 0.1) is 5.82 Å². The van der Waals surface area contributed by atoms with E-state index in [-0.39, 0.29) is 17.0 Å². The Morgan fingerprint density at radius 2 is 2.00 bits per heavy atom. The summed E-state index contributed by atoms with van der Waals surface area (Å²) in [5.41, 5.74) is 0.327. The summed E-state index contributed by atoms with van der Waals surface area (Å²) in [6.07, 6.45) is -0.305. The highest BCUT2D eigenvalue weighted by Crippen LogP contribution is 2.24. The second-order valence-electron chi connectivity index (χ2n) is 4.75. The normalized spacial score (nSPS) is 11.4. The van der Waals surface area contributed by atoms with Crippen LogP contribution < -0.4 is 14.8 Å². The van der Waals surface area contributed by atoms with Gasteiger partial charge in [-0.25, -0.2) is 4.39 Å². The Morgan fingerprint density at radius 3 is 2.65 bits per heavy atom. The summed E-state index contributed by atoms with van der Waals surface area (Å²) < 4.78 is 24.0. The van der Waals surface area contributed by atoms with Gasteiger partial charge in [0, 0.05) is 0 Å². The number of ether oxygens (including phenoxy) is 2. The second kappa shape index (κ2) is 7.40. The molecule has 6 heteroatoms. The number of nitrogens with one attached hydrogen (secondary N) is 1. The maximum Gasteiger partial charge on any atom is 0.265 e. The van der Waals surface area contributed by atoms with E-state index in [0.717, 1.165) is 0 Å². The molecule has 0 fully saturated rings. The molecule has 0 radical (unpaired) electrons. The fraction of sp³-hybridized carbons (Fsp3) is 0.176. The first kappa shape index (κ1) is 16.5. The molecule has 2 rings (SSSR count).